The van der Waals surface area contributed by atoms with Gasteiger partial charge in [0.05, 0.1) is 36.0 Å². The summed E-state index contributed by atoms with van der Waals surface area (Å²) in [6.07, 6.45) is 0.603. The Labute approximate surface area is 305 Å². The third-order valence-electron chi connectivity index (χ3n) is 10.1. The normalized spacial score (nSPS) is 19.4. The van der Waals surface area contributed by atoms with Crippen molar-refractivity contribution < 1.29 is 19.4 Å². The van der Waals surface area contributed by atoms with Crippen LogP contribution in [-0.4, -0.2) is 45.6 Å². The van der Waals surface area contributed by atoms with E-state index in [0.717, 1.165) is 45.4 Å². The van der Waals surface area contributed by atoms with Crippen molar-refractivity contribution in [3.63, 3.8) is 0 Å². The van der Waals surface area contributed by atoms with Crippen LogP contribution in [0.3, 0.4) is 0 Å². The number of hydrogen-bond acceptors (Lipinski definition) is 7. The molecule has 0 bridgehead atoms. The van der Waals surface area contributed by atoms with E-state index < -0.39 is 6.29 Å². The Kier molecular flexibility index (Phi) is 10.8. The third-order valence-corrected chi connectivity index (χ3v) is 10.1. The number of carbonyl (C=O) groups is 1. The average molecular weight is 693 g/mol. The van der Waals surface area contributed by atoms with E-state index in [1.165, 1.54) is 11.8 Å². The third kappa shape index (κ3) is 7.96. The molecule has 1 aliphatic rings. The second-order valence-corrected chi connectivity index (χ2v) is 13.6. The lowest BCUT2D eigenvalue weighted by Gasteiger charge is -2.43. The highest BCUT2D eigenvalue weighted by Crippen LogP contribution is 2.43. The Morgan fingerprint density at radius 2 is 1.52 bits per heavy atom. The topological polar surface area (TPSA) is 96.8 Å². The molecule has 1 amide bonds. The van der Waals surface area contributed by atoms with E-state index in [9.17, 15) is 9.90 Å². The van der Waals surface area contributed by atoms with Crippen LogP contribution < -0.4 is 5.32 Å². The van der Waals surface area contributed by atoms with Crippen LogP contribution in [0, 0.1) is 5.92 Å². The second-order valence-electron chi connectivity index (χ2n) is 13.6. The molecule has 2 heterocycles. The number of aliphatic hydroxyl groups excluding tert-OH is 1. The molecule has 0 radical (unpaired) electrons. The van der Waals surface area contributed by atoms with Crippen molar-refractivity contribution in [2.75, 3.05) is 13.6 Å². The number of amides is 1. The van der Waals surface area contributed by atoms with Crippen molar-refractivity contribution in [3.05, 3.63) is 167 Å². The molecule has 1 fully saturated rings. The number of hydrogen-bond donors (Lipinski definition) is 2. The van der Waals surface area contributed by atoms with E-state index in [4.69, 9.17) is 9.47 Å². The van der Waals surface area contributed by atoms with Crippen LogP contribution in [0.1, 0.15) is 70.6 Å². The second kappa shape index (κ2) is 16.0. The van der Waals surface area contributed by atoms with E-state index in [-0.39, 0.29) is 42.4 Å². The Morgan fingerprint density at radius 1 is 0.808 bits per heavy atom. The lowest BCUT2D eigenvalue weighted by molar-refractivity contribution is -0.276. The lowest BCUT2D eigenvalue weighted by atomic mass is 9.89. The summed E-state index contributed by atoms with van der Waals surface area (Å²) in [7, 11) is 2.15. The molecule has 0 saturated carbocycles. The van der Waals surface area contributed by atoms with E-state index in [0.29, 0.717) is 12.1 Å². The van der Waals surface area contributed by atoms with Crippen LogP contribution in [0.2, 0.25) is 0 Å². The number of carbonyl (C=O) groups excluding carboxylic acids is 1. The summed E-state index contributed by atoms with van der Waals surface area (Å²) >= 11 is 0. The van der Waals surface area contributed by atoms with Crippen molar-refractivity contribution in [2.24, 2.45) is 5.92 Å². The molecule has 5 unspecified atom stereocenters. The highest BCUT2D eigenvalue weighted by Gasteiger charge is 2.39. The van der Waals surface area contributed by atoms with Gasteiger partial charge < -0.3 is 19.9 Å². The molecule has 1 saturated heterocycles. The number of nitrogens with one attached hydrogen (secondary N) is 1. The maximum atomic E-state index is 13.0. The zero-order valence-electron chi connectivity index (χ0n) is 29.7. The first kappa shape index (κ1) is 35.2. The standard InChI is InChI=1S/C44H44N4O4/c1-29-41(27-48(3)30(2)33-12-5-4-6-13-33)51-44(52-42(29)34-21-19-31(28-49)20-22-34)37-16-10-15-36(24-37)35-14-9-11-32(23-35)25-46-43(50)40-26-45-38-17-7-8-18-39(38)47-40/h4-24,26,29-30,41-42,44,49H,25,27-28H2,1-3H3,(H,46,50). The van der Waals surface area contributed by atoms with E-state index in [1.54, 1.807) is 0 Å². The number of likely N-dealkylation sites (N-methyl/N-ethyl adjacent to an activating group) is 1. The predicted molar refractivity (Wildman–Crippen MR) is 203 cm³/mol. The zero-order chi connectivity index (χ0) is 36.0. The molecule has 0 aliphatic carbocycles. The highest BCUT2D eigenvalue weighted by molar-refractivity contribution is 5.93. The summed E-state index contributed by atoms with van der Waals surface area (Å²) in [5.41, 5.74) is 8.83. The molecular weight excluding hydrogens is 649 g/mol. The van der Waals surface area contributed by atoms with E-state index >= 15 is 0 Å². The Bertz CT molecular complexity index is 2120. The first-order valence-corrected chi connectivity index (χ1v) is 17.8. The van der Waals surface area contributed by atoms with Gasteiger partial charge in [-0.1, -0.05) is 110 Å². The summed E-state index contributed by atoms with van der Waals surface area (Å²) in [6, 6.07) is 42.7. The SMILES string of the molecule is CC1C(CN(C)C(C)c2ccccc2)OC(c2cccc(-c3cccc(CNC(=O)c4cnc5ccccc5n4)c3)c2)OC1c1ccc(CO)cc1. The van der Waals surface area contributed by atoms with Gasteiger partial charge in [0.1, 0.15) is 5.69 Å². The smallest absolute Gasteiger partial charge is 0.271 e. The van der Waals surface area contributed by atoms with Gasteiger partial charge in [0.15, 0.2) is 6.29 Å². The van der Waals surface area contributed by atoms with Crippen LogP contribution in [0.4, 0.5) is 0 Å². The average Bonchev–Trinajstić information content (AvgIpc) is 3.20. The van der Waals surface area contributed by atoms with Gasteiger partial charge in [-0.25, -0.2) is 4.98 Å². The van der Waals surface area contributed by atoms with Gasteiger partial charge in [0, 0.05) is 30.6 Å². The number of ether oxygens (including phenoxy) is 2. The summed E-state index contributed by atoms with van der Waals surface area (Å²) in [6.45, 7) is 5.49. The monoisotopic (exact) mass is 692 g/mol. The molecule has 5 aromatic carbocycles. The fourth-order valence-electron chi connectivity index (χ4n) is 6.82. The maximum absolute atomic E-state index is 13.0. The summed E-state index contributed by atoms with van der Waals surface area (Å²) in [5.74, 6) is -0.206. The lowest BCUT2D eigenvalue weighted by Crippen LogP contribution is -2.44. The molecule has 8 nitrogen and oxygen atoms in total. The number of rotatable bonds is 11. The van der Waals surface area contributed by atoms with Crippen molar-refractivity contribution in [1.29, 1.82) is 0 Å². The summed E-state index contributed by atoms with van der Waals surface area (Å²) < 4.78 is 13.6. The molecule has 1 aliphatic heterocycles. The molecule has 5 atom stereocenters. The molecular formula is C44H44N4O4. The van der Waals surface area contributed by atoms with Crippen LogP contribution in [-0.2, 0) is 22.6 Å². The maximum Gasteiger partial charge on any atom is 0.271 e. The van der Waals surface area contributed by atoms with Gasteiger partial charge in [-0.15, -0.1) is 0 Å². The predicted octanol–water partition coefficient (Wildman–Crippen LogP) is 8.20. The number of aliphatic hydroxyl groups is 1. The van der Waals surface area contributed by atoms with Gasteiger partial charge >= 0.3 is 0 Å². The Hall–Kier alpha value is -5.25. The molecule has 52 heavy (non-hydrogen) atoms. The number of aromatic nitrogens is 2. The van der Waals surface area contributed by atoms with Crippen molar-refractivity contribution >= 4 is 16.9 Å². The number of fused-ring (bicyclic) bond motifs is 1. The number of benzene rings is 5. The van der Waals surface area contributed by atoms with E-state index in [1.807, 2.05) is 60.7 Å². The van der Waals surface area contributed by atoms with Gasteiger partial charge in [0.25, 0.3) is 5.91 Å². The van der Waals surface area contributed by atoms with Crippen LogP contribution in [0.15, 0.2) is 134 Å². The quantitative estimate of drug-likeness (QED) is 0.141. The van der Waals surface area contributed by atoms with Crippen LogP contribution in [0.5, 0.6) is 0 Å². The van der Waals surface area contributed by atoms with Crippen molar-refractivity contribution in [1.82, 2.24) is 20.2 Å². The highest BCUT2D eigenvalue weighted by atomic mass is 16.7. The largest absolute Gasteiger partial charge is 0.392 e. The first-order chi connectivity index (χ1) is 25.4. The molecule has 264 valence electrons. The number of nitrogens with zero attached hydrogens (tertiary/aromatic N) is 3. The van der Waals surface area contributed by atoms with E-state index in [2.05, 4.69) is 108 Å². The van der Waals surface area contributed by atoms with Gasteiger partial charge in [-0.05, 0) is 71.6 Å². The van der Waals surface area contributed by atoms with Crippen LogP contribution in [0.25, 0.3) is 22.2 Å². The zero-order valence-corrected chi connectivity index (χ0v) is 29.7. The fourth-order valence-corrected chi connectivity index (χ4v) is 6.82. The minimum atomic E-state index is -0.588. The summed E-state index contributed by atoms with van der Waals surface area (Å²) in [5, 5.41) is 12.7. The van der Waals surface area contributed by atoms with Crippen molar-refractivity contribution in [3.8, 4) is 11.1 Å². The Balaban J connectivity index is 1.10. The number of para-hydroxylation sites is 2. The summed E-state index contributed by atoms with van der Waals surface area (Å²) in [4.78, 5) is 24.2. The molecule has 6 aromatic rings. The molecule has 0 spiro atoms. The molecule has 8 heteroatoms. The van der Waals surface area contributed by atoms with Gasteiger partial charge in [-0.2, -0.15) is 0 Å². The first-order valence-electron chi connectivity index (χ1n) is 17.8. The van der Waals surface area contributed by atoms with Crippen molar-refractivity contribution in [2.45, 2.75) is 51.5 Å². The van der Waals surface area contributed by atoms with Gasteiger partial charge in [0.2, 0.25) is 0 Å². The van der Waals surface area contributed by atoms with Gasteiger partial charge in [-0.3, -0.25) is 14.7 Å². The Morgan fingerprint density at radius 3 is 2.29 bits per heavy atom. The fraction of sp³-hybridized carbons (Fsp3) is 0.250. The molecule has 2 N–H and O–H groups in total. The molecule has 1 aromatic heterocycles. The minimum Gasteiger partial charge on any atom is -0.392 e. The minimum absolute atomic E-state index is 0.00259. The van der Waals surface area contributed by atoms with Crippen LogP contribution >= 0.6 is 0 Å². The molecule has 7 rings (SSSR count).